The van der Waals surface area contributed by atoms with E-state index in [-0.39, 0.29) is 29.3 Å². The lowest BCUT2D eigenvalue weighted by molar-refractivity contribution is -0.117. The van der Waals surface area contributed by atoms with Gasteiger partial charge >= 0.3 is 0 Å². The number of ketones is 2. The minimum absolute atomic E-state index is 0.0678. The lowest BCUT2D eigenvalue weighted by atomic mass is 9.71. The number of aromatic nitrogens is 1. The van der Waals surface area contributed by atoms with Crippen LogP contribution in [0.15, 0.2) is 102 Å². The number of fused-ring (bicyclic) bond motifs is 2. The van der Waals surface area contributed by atoms with E-state index in [2.05, 4.69) is 36.4 Å². The van der Waals surface area contributed by atoms with Gasteiger partial charge in [-0.3, -0.25) is 9.59 Å². The Balaban J connectivity index is 1.37. The summed E-state index contributed by atoms with van der Waals surface area (Å²) in [7, 11) is 0. The Morgan fingerprint density at radius 1 is 0.667 bits per heavy atom. The van der Waals surface area contributed by atoms with Gasteiger partial charge in [0.2, 0.25) is 5.88 Å². The molecule has 0 radical (unpaired) electrons. The SMILES string of the molecule is Cc1c2c(nc3c1C(c1ccccc1)C1=C(CC(c4ccccc4)CC1=O)O3)CC(c1ccccc1)CC2=O. The zero-order valence-electron chi connectivity index (χ0n) is 21.9. The highest BCUT2D eigenvalue weighted by Crippen LogP contribution is 2.51. The minimum Gasteiger partial charge on any atom is -0.443 e. The monoisotopic (exact) mass is 511 g/mol. The number of rotatable bonds is 3. The summed E-state index contributed by atoms with van der Waals surface area (Å²) in [6, 6.07) is 30.5. The van der Waals surface area contributed by atoms with Crippen molar-refractivity contribution in [3.63, 3.8) is 0 Å². The second kappa shape index (κ2) is 9.46. The van der Waals surface area contributed by atoms with Crippen molar-refractivity contribution >= 4 is 11.6 Å². The van der Waals surface area contributed by atoms with Crippen molar-refractivity contribution in [1.82, 2.24) is 4.98 Å². The van der Waals surface area contributed by atoms with Gasteiger partial charge in [-0.25, -0.2) is 4.98 Å². The van der Waals surface area contributed by atoms with Gasteiger partial charge in [-0.2, -0.15) is 0 Å². The average Bonchev–Trinajstić information content (AvgIpc) is 2.97. The largest absolute Gasteiger partial charge is 0.443 e. The van der Waals surface area contributed by atoms with E-state index in [0.717, 1.165) is 44.8 Å². The van der Waals surface area contributed by atoms with E-state index in [9.17, 15) is 9.59 Å². The lowest BCUT2D eigenvalue weighted by Crippen LogP contribution is -2.31. The number of hydrogen-bond acceptors (Lipinski definition) is 4. The van der Waals surface area contributed by atoms with Crippen LogP contribution >= 0.6 is 0 Å². The molecule has 39 heavy (non-hydrogen) atoms. The van der Waals surface area contributed by atoms with E-state index in [1.54, 1.807) is 0 Å². The number of allylic oxidation sites excluding steroid dienone is 2. The highest BCUT2D eigenvalue weighted by molar-refractivity contribution is 6.03. The molecule has 4 heteroatoms. The van der Waals surface area contributed by atoms with Gasteiger partial charge in [-0.05, 0) is 47.4 Å². The van der Waals surface area contributed by atoms with Crippen LogP contribution < -0.4 is 4.74 Å². The molecule has 2 aliphatic carbocycles. The van der Waals surface area contributed by atoms with E-state index in [1.807, 2.05) is 61.5 Å². The Morgan fingerprint density at radius 3 is 1.82 bits per heavy atom. The van der Waals surface area contributed by atoms with Gasteiger partial charge in [-0.15, -0.1) is 0 Å². The van der Waals surface area contributed by atoms with Crippen molar-refractivity contribution in [2.75, 3.05) is 0 Å². The van der Waals surface area contributed by atoms with Crippen LogP contribution in [-0.2, 0) is 11.2 Å². The molecule has 0 bridgehead atoms. The minimum atomic E-state index is -0.299. The van der Waals surface area contributed by atoms with Gasteiger partial charge in [0.25, 0.3) is 0 Å². The summed E-state index contributed by atoms with van der Waals surface area (Å²) in [6.45, 7) is 2.00. The number of carbonyl (C=O) groups excluding carboxylic acids is 2. The van der Waals surface area contributed by atoms with Crippen molar-refractivity contribution in [2.24, 2.45) is 0 Å². The van der Waals surface area contributed by atoms with Gasteiger partial charge < -0.3 is 4.74 Å². The lowest BCUT2D eigenvalue weighted by Gasteiger charge is -2.37. The van der Waals surface area contributed by atoms with Crippen LogP contribution in [0.25, 0.3) is 0 Å². The molecule has 1 aromatic heterocycles. The third kappa shape index (κ3) is 4.02. The topological polar surface area (TPSA) is 56.3 Å². The molecule has 0 saturated carbocycles. The van der Waals surface area contributed by atoms with E-state index >= 15 is 0 Å². The predicted molar refractivity (Wildman–Crippen MR) is 150 cm³/mol. The second-order valence-electron chi connectivity index (χ2n) is 10.9. The number of hydrogen-bond donors (Lipinski definition) is 0. The average molecular weight is 512 g/mol. The fraction of sp³-hybridized carbons (Fsp3) is 0.229. The van der Waals surface area contributed by atoms with E-state index in [4.69, 9.17) is 9.72 Å². The number of Topliss-reactive ketones (excluding diaryl/α,β-unsaturated/α-hetero) is 2. The van der Waals surface area contributed by atoms with Crippen LogP contribution in [0, 0.1) is 6.92 Å². The van der Waals surface area contributed by atoms with Crippen molar-refractivity contribution in [3.05, 3.63) is 141 Å². The standard InChI is InChI=1S/C35H29NO3/c1-21-31-27(17-25(18-28(31)37)22-11-5-2-6-12-22)36-35-32(21)33(24-15-9-4-10-16-24)34-29(38)19-26(20-30(34)39-35)23-13-7-3-8-14-23/h2-16,25-26,33H,17-20H2,1H3. The highest BCUT2D eigenvalue weighted by Gasteiger charge is 2.43. The third-order valence-corrected chi connectivity index (χ3v) is 8.62. The molecule has 3 unspecified atom stereocenters. The van der Waals surface area contributed by atoms with Gasteiger partial charge in [-0.1, -0.05) is 91.0 Å². The molecule has 0 N–H and O–H groups in total. The van der Waals surface area contributed by atoms with Crippen molar-refractivity contribution < 1.29 is 14.3 Å². The van der Waals surface area contributed by atoms with Crippen molar-refractivity contribution in [1.29, 1.82) is 0 Å². The van der Waals surface area contributed by atoms with E-state index < -0.39 is 0 Å². The Kier molecular flexibility index (Phi) is 5.77. The summed E-state index contributed by atoms with van der Waals surface area (Å²) >= 11 is 0. The molecule has 3 aliphatic rings. The van der Waals surface area contributed by atoms with Crippen LogP contribution in [0.3, 0.4) is 0 Å². The molecule has 4 nitrogen and oxygen atoms in total. The summed E-state index contributed by atoms with van der Waals surface area (Å²) in [4.78, 5) is 32.5. The first-order valence-corrected chi connectivity index (χ1v) is 13.7. The molecule has 7 rings (SSSR count). The fourth-order valence-electron chi connectivity index (χ4n) is 6.79. The first-order chi connectivity index (χ1) is 19.1. The normalized spacial score (nSPS) is 22.0. The number of nitrogens with zero attached hydrogens (tertiary/aromatic N) is 1. The van der Waals surface area contributed by atoms with Gasteiger partial charge in [0.1, 0.15) is 5.76 Å². The van der Waals surface area contributed by atoms with Crippen molar-refractivity contribution in [2.45, 2.75) is 50.4 Å². The summed E-state index contributed by atoms with van der Waals surface area (Å²) in [5.41, 5.74) is 7.31. The van der Waals surface area contributed by atoms with Gasteiger partial charge in [0.15, 0.2) is 11.6 Å². The van der Waals surface area contributed by atoms with Gasteiger partial charge in [0, 0.05) is 41.9 Å². The number of ether oxygens (including phenoxy) is 1. The Labute approximate surface area is 228 Å². The molecular weight excluding hydrogens is 482 g/mol. The molecule has 3 aromatic carbocycles. The summed E-state index contributed by atoms with van der Waals surface area (Å²) < 4.78 is 6.57. The zero-order valence-corrected chi connectivity index (χ0v) is 21.9. The number of benzene rings is 3. The zero-order chi connectivity index (χ0) is 26.5. The van der Waals surface area contributed by atoms with Crippen LogP contribution in [0.2, 0.25) is 0 Å². The second-order valence-corrected chi connectivity index (χ2v) is 10.9. The maximum Gasteiger partial charge on any atom is 0.223 e. The number of carbonyl (C=O) groups is 2. The molecule has 0 amide bonds. The maximum atomic E-state index is 13.8. The molecule has 0 fully saturated rings. The molecule has 2 heterocycles. The maximum absolute atomic E-state index is 13.8. The Morgan fingerprint density at radius 2 is 1.21 bits per heavy atom. The molecule has 0 spiro atoms. The number of pyridine rings is 1. The Bertz CT molecular complexity index is 1620. The molecule has 3 atom stereocenters. The Hall–Kier alpha value is -4.31. The van der Waals surface area contributed by atoms with E-state index in [1.165, 1.54) is 0 Å². The summed E-state index contributed by atoms with van der Waals surface area (Å²) in [6.07, 6.45) is 2.24. The molecular formula is C35H29NO3. The predicted octanol–water partition coefficient (Wildman–Crippen LogP) is 7.23. The van der Waals surface area contributed by atoms with Crippen LogP contribution in [0.4, 0.5) is 0 Å². The quantitative estimate of drug-likeness (QED) is 0.291. The van der Waals surface area contributed by atoms with Gasteiger partial charge in [0.05, 0.1) is 5.69 Å². The van der Waals surface area contributed by atoms with Crippen LogP contribution in [-0.4, -0.2) is 16.6 Å². The molecule has 4 aromatic rings. The highest BCUT2D eigenvalue weighted by atomic mass is 16.5. The third-order valence-electron chi connectivity index (χ3n) is 8.62. The van der Waals surface area contributed by atoms with Crippen molar-refractivity contribution in [3.8, 4) is 5.88 Å². The molecule has 192 valence electrons. The first-order valence-electron chi connectivity index (χ1n) is 13.7. The first kappa shape index (κ1) is 23.8. The fourth-order valence-corrected chi connectivity index (χ4v) is 6.79. The van der Waals surface area contributed by atoms with Crippen LogP contribution in [0.5, 0.6) is 5.88 Å². The smallest absolute Gasteiger partial charge is 0.223 e. The summed E-state index contributed by atoms with van der Waals surface area (Å²) in [5.74, 6) is 1.35. The molecule has 1 aliphatic heterocycles. The van der Waals surface area contributed by atoms with E-state index in [0.29, 0.717) is 37.1 Å². The molecule has 0 saturated heterocycles. The summed E-state index contributed by atoms with van der Waals surface area (Å²) in [5, 5.41) is 0. The van der Waals surface area contributed by atoms with Crippen LogP contribution in [0.1, 0.15) is 80.9 Å².